The number of carbonyl (C=O) groups excluding carboxylic acids is 1. The topological polar surface area (TPSA) is 32.3 Å². The average Bonchev–Trinajstić information content (AvgIpc) is 3.33. The van der Waals surface area contributed by atoms with Gasteiger partial charge in [0.15, 0.2) is 0 Å². The van der Waals surface area contributed by atoms with Crippen molar-refractivity contribution in [3.05, 3.63) is 64.9 Å². The highest BCUT2D eigenvalue weighted by Gasteiger charge is 2.32. The third kappa shape index (κ3) is 3.57. The zero-order valence-electron chi connectivity index (χ0n) is 11.9. The van der Waals surface area contributed by atoms with Gasteiger partial charge >= 0.3 is 6.03 Å². The van der Waals surface area contributed by atoms with Crippen LogP contribution < -0.4 is 5.32 Å². The zero-order valence-corrected chi connectivity index (χ0v) is 12.7. The van der Waals surface area contributed by atoms with E-state index in [1.165, 1.54) is 12.1 Å². The Hall–Kier alpha value is -2.07. The molecule has 0 aromatic heterocycles. The Morgan fingerprint density at radius 1 is 1.18 bits per heavy atom. The number of anilines is 1. The maximum atomic E-state index is 13.0. The van der Waals surface area contributed by atoms with Crippen molar-refractivity contribution in [3.63, 3.8) is 0 Å². The minimum absolute atomic E-state index is 0.181. The van der Waals surface area contributed by atoms with Crippen LogP contribution in [-0.2, 0) is 6.54 Å². The second-order valence-corrected chi connectivity index (χ2v) is 5.80. The standard InChI is InChI=1S/C17H16ClFN2O/c18-15-3-1-2-4-16(15)20-17(22)21(14-9-10-14)11-12-5-7-13(19)8-6-12/h1-8,14H,9-11H2,(H,20,22). The predicted molar refractivity (Wildman–Crippen MR) is 85.4 cm³/mol. The summed E-state index contributed by atoms with van der Waals surface area (Å²) in [6, 6.07) is 13.4. The van der Waals surface area contributed by atoms with Crippen LogP contribution in [0.2, 0.25) is 5.02 Å². The highest BCUT2D eigenvalue weighted by atomic mass is 35.5. The highest BCUT2D eigenvalue weighted by molar-refractivity contribution is 6.33. The van der Waals surface area contributed by atoms with Crippen LogP contribution in [0.4, 0.5) is 14.9 Å². The van der Waals surface area contributed by atoms with Crippen LogP contribution in [0.25, 0.3) is 0 Å². The Morgan fingerprint density at radius 2 is 1.86 bits per heavy atom. The summed E-state index contributed by atoms with van der Waals surface area (Å²) < 4.78 is 13.0. The summed E-state index contributed by atoms with van der Waals surface area (Å²) in [4.78, 5) is 14.3. The molecule has 0 bridgehead atoms. The second-order valence-electron chi connectivity index (χ2n) is 5.40. The lowest BCUT2D eigenvalue weighted by molar-refractivity contribution is 0.206. The molecule has 0 atom stereocenters. The third-order valence-electron chi connectivity index (χ3n) is 3.63. The van der Waals surface area contributed by atoms with Gasteiger partial charge in [-0.1, -0.05) is 35.9 Å². The Kier molecular flexibility index (Phi) is 4.29. The maximum absolute atomic E-state index is 13.0. The van der Waals surface area contributed by atoms with E-state index in [-0.39, 0.29) is 17.9 Å². The smallest absolute Gasteiger partial charge is 0.317 e. The van der Waals surface area contributed by atoms with Crippen LogP contribution in [0.5, 0.6) is 0 Å². The average molecular weight is 319 g/mol. The number of urea groups is 1. The molecule has 2 aromatic rings. The zero-order chi connectivity index (χ0) is 15.5. The van der Waals surface area contributed by atoms with Crippen molar-refractivity contribution in [2.75, 3.05) is 5.32 Å². The molecule has 1 fully saturated rings. The van der Waals surface area contributed by atoms with Crippen LogP contribution in [-0.4, -0.2) is 17.0 Å². The van der Waals surface area contributed by atoms with Gasteiger partial charge in [0.25, 0.3) is 0 Å². The summed E-state index contributed by atoms with van der Waals surface area (Å²) in [5.41, 5.74) is 1.50. The second kappa shape index (κ2) is 6.36. The molecule has 0 aliphatic heterocycles. The first-order chi connectivity index (χ1) is 10.6. The molecule has 1 aliphatic rings. The Labute approximate surface area is 133 Å². The van der Waals surface area contributed by atoms with Gasteiger partial charge in [0.1, 0.15) is 5.82 Å². The molecule has 1 N–H and O–H groups in total. The molecule has 0 unspecified atom stereocenters. The van der Waals surface area contributed by atoms with Crippen molar-refractivity contribution in [1.29, 1.82) is 0 Å². The molecule has 1 saturated carbocycles. The molecule has 0 heterocycles. The van der Waals surface area contributed by atoms with Gasteiger partial charge in [0.2, 0.25) is 0 Å². The fourth-order valence-corrected chi connectivity index (χ4v) is 2.47. The number of hydrogen-bond donors (Lipinski definition) is 1. The van der Waals surface area contributed by atoms with Gasteiger partial charge in [-0.05, 0) is 42.7 Å². The maximum Gasteiger partial charge on any atom is 0.322 e. The first-order valence-corrected chi connectivity index (χ1v) is 7.58. The minimum atomic E-state index is -0.276. The van der Waals surface area contributed by atoms with E-state index < -0.39 is 0 Å². The summed E-state index contributed by atoms with van der Waals surface area (Å²) >= 11 is 6.07. The normalized spacial score (nSPS) is 13.7. The van der Waals surface area contributed by atoms with Gasteiger partial charge in [0.05, 0.1) is 10.7 Å². The molecule has 2 aromatic carbocycles. The van der Waals surface area contributed by atoms with Gasteiger partial charge in [0, 0.05) is 12.6 Å². The number of halogens is 2. The number of para-hydroxylation sites is 1. The van der Waals surface area contributed by atoms with Crippen LogP contribution in [0.3, 0.4) is 0 Å². The highest BCUT2D eigenvalue weighted by Crippen LogP contribution is 2.30. The molecule has 5 heteroatoms. The summed E-state index contributed by atoms with van der Waals surface area (Å²) in [5.74, 6) is -0.276. The number of nitrogens with one attached hydrogen (secondary N) is 1. The van der Waals surface area contributed by atoms with E-state index >= 15 is 0 Å². The van der Waals surface area contributed by atoms with Crippen molar-refractivity contribution >= 4 is 23.3 Å². The molecule has 3 nitrogen and oxygen atoms in total. The van der Waals surface area contributed by atoms with Crippen molar-refractivity contribution in [3.8, 4) is 0 Å². The molecular formula is C17H16ClFN2O. The lowest BCUT2D eigenvalue weighted by Gasteiger charge is -2.23. The van der Waals surface area contributed by atoms with Crippen LogP contribution in [0.1, 0.15) is 18.4 Å². The lowest BCUT2D eigenvalue weighted by Crippen LogP contribution is -2.36. The van der Waals surface area contributed by atoms with E-state index in [2.05, 4.69) is 5.32 Å². The van der Waals surface area contributed by atoms with Crippen LogP contribution in [0.15, 0.2) is 48.5 Å². The quantitative estimate of drug-likeness (QED) is 0.872. The van der Waals surface area contributed by atoms with Gasteiger partial charge in [-0.2, -0.15) is 0 Å². The largest absolute Gasteiger partial charge is 0.322 e. The Morgan fingerprint density at radius 3 is 2.50 bits per heavy atom. The fourth-order valence-electron chi connectivity index (χ4n) is 2.29. The van der Waals surface area contributed by atoms with Gasteiger partial charge in [-0.25, -0.2) is 9.18 Å². The predicted octanol–water partition coefficient (Wildman–Crippen LogP) is 4.68. The van der Waals surface area contributed by atoms with Crippen molar-refractivity contribution < 1.29 is 9.18 Å². The van der Waals surface area contributed by atoms with Gasteiger partial charge < -0.3 is 10.2 Å². The Balaban J connectivity index is 1.72. The Bertz CT molecular complexity index is 671. The number of amides is 2. The summed E-state index contributed by atoms with van der Waals surface area (Å²) in [6.45, 7) is 0.460. The van der Waals surface area contributed by atoms with Gasteiger partial charge in [-0.15, -0.1) is 0 Å². The third-order valence-corrected chi connectivity index (χ3v) is 3.96. The number of hydrogen-bond acceptors (Lipinski definition) is 1. The van der Waals surface area contributed by atoms with Crippen molar-refractivity contribution in [1.82, 2.24) is 4.90 Å². The molecule has 0 saturated heterocycles. The van der Waals surface area contributed by atoms with Crippen LogP contribution in [0, 0.1) is 5.82 Å². The number of benzene rings is 2. The van der Waals surface area contributed by atoms with Crippen molar-refractivity contribution in [2.45, 2.75) is 25.4 Å². The fraction of sp³-hybridized carbons (Fsp3) is 0.235. The minimum Gasteiger partial charge on any atom is -0.317 e. The lowest BCUT2D eigenvalue weighted by atomic mass is 10.2. The molecule has 0 spiro atoms. The molecule has 0 radical (unpaired) electrons. The van der Waals surface area contributed by atoms with E-state index in [0.29, 0.717) is 17.3 Å². The molecule has 2 amide bonds. The molecular weight excluding hydrogens is 303 g/mol. The van der Waals surface area contributed by atoms with Gasteiger partial charge in [-0.3, -0.25) is 0 Å². The van der Waals surface area contributed by atoms with Crippen molar-refractivity contribution in [2.24, 2.45) is 0 Å². The molecule has 114 valence electrons. The molecule has 3 rings (SSSR count). The summed E-state index contributed by atoms with van der Waals surface area (Å²) in [6.07, 6.45) is 1.99. The first-order valence-electron chi connectivity index (χ1n) is 7.20. The van der Waals surface area contributed by atoms with E-state index in [9.17, 15) is 9.18 Å². The summed E-state index contributed by atoms with van der Waals surface area (Å²) in [5, 5.41) is 3.35. The van der Waals surface area contributed by atoms with Crippen LogP contribution >= 0.6 is 11.6 Å². The number of nitrogens with zero attached hydrogens (tertiary/aromatic N) is 1. The number of rotatable bonds is 4. The monoisotopic (exact) mass is 318 g/mol. The SMILES string of the molecule is O=C(Nc1ccccc1Cl)N(Cc1ccc(F)cc1)C1CC1. The van der Waals surface area contributed by atoms with E-state index in [4.69, 9.17) is 11.6 Å². The summed E-state index contributed by atoms with van der Waals surface area (Å²) in [7, 11) is 0. The van der Waals surface area contributed by atoms with E-state index in [1.807, 2.05) is 12.1 Å². The number of carbonyl (C=O) groups is 1. The molecule has 22 heavy (non-hydrogen) atoms. The van der Waals surface area contributed by atoms with E-state index in [0.717, 1.165) is 18.4 Å². The van der Waals surface area contributed by atoms with E-state index in [1.54, 1.807) is 29.2 Å². The molecule has 1 aliphatic carbocycles. The first kappa shape index (κ1) is 14.9.